The van der Waals surface area contributed by atoms with Crippen LogP contribution < -0.4 is 0 Å². The number of nitrogens with zero attached hydrogens (tertiary/aromatic N) is 1. The maximum atomic E-state index is 11.2. The van der Waals surface area contributed by atoms with Gasteiger partial charge in [-0.05, 0) is 13.3 Å². The van der Waals surface area contributed by atoms with Crippen LogP contribution in [0.3, 0.4) is 0 Å². The smallest absolute Gasteiger partial charge is 0.334 e. The van der Waals surface area contributed by atoms with E-state index in [4.69, 9.17) is 9.47 Å². The first-order valence-corrected chi connectivity index (χ1v) is 4.13. The lowest BCUT2D eigenvalue weighted by Gasteiger charge is -2.13. The van der Waals surface area contributed by atoms with Gasteiger partial charge in [0.15, 0.2) is 12.4 Å². The number of hydrogen-bond donors (Lipinski definition) is 0. The third-order valence-electron chi connectivity index (χ3n) is 1.74. The highest BCUT2D eigenvalue weighted by Crippen LogP contribution is 2.14. The van der Waals surface area contributed by atoms with Crippen LogP contribution in [0, 0.1) is 0 Å². The predicted octanol–water partition coefficient (Wildman–Crippen LogP) is 0.755. The van der Waals surface area contributed by atoms with Crippen molar-refractivity contribution in [3.05, 3.63) is 0 Å². The van der Waals surface area contributed by atoms with Gasteiger partial charge in [-0.1, -0.05) is 6.92 Å². The Bertz CT molecular complexity index is 191. The van der Waals surface area contributed by atoms with Crippen LogP contribution in [0.25, 0.3) is 0 Å². The summed E-state index contributed by atoms with van der Waals surface area (Å²) in [6, 6.07) is -0.449. The maximum absolute atomic E-state index is 11.2. The molecule has 0 saturated heterocycles. The lowest BCUT2D eigenvalue weighted by atomic mass is 10.1. The summed E-state index contributed by atoms with van der Waals surface area (Å²) in [7, 11) is 0. The normalized spacial score (nSPS) is 26.8. The molecule has 0 N–H and O–H groups in total. The van der Waals surface area contributed by atoms with Crippen molar-refractivity contribution in [2.24, 2.45) is 4.99 Å². The maximum Gasteiger partial charge on any atom is 0.334 e. The van der Waals surface area contributed by atoms with Crippen molar-refractivity contribution in [1.29, 1.82) is 0 Å². The molecule has 0 saturated carbocycles. The predicted molar refractivity (Wildman–Crippen MR) is 44.1 cm³/mol. The fourth-order valence-corrected chi connectivity index (χ4v) is 1.11. The first-order valence-electron chi connectivity index (χ1n) is 4.13. The molecular formula is C8H13NO3. The Morgan fingerprint density at radius 3 is 3.00 bits per heavy atom. The molecule has 12 heavy (non-hydrogen) atoms. The minimum atomic E-state index is -0.449. The highest BCUT2D eigenvalue weighted by atomic mass is 16.5. The number of carbonyl (C=O) groups excluding carboxylic acids is 1. The molecule has 0 unspecified atom stereocenters. The molecule has 1 rings (SSSR count). The van der Waals surface area contributed by atoms with Crippen LogP contribution in [0.5, 0.6) is 0 Å². The number of ether oxygens (including phenoxy) is 2. The van der Waals surface area contributed by atoms with Crippen molar-refractivity contribution < 1.29 is 14.3 Å². The Morgan fingerprint density at radius 1 is 1.67 bits per heavy atom. The van der Waals surface area contributed by atoms with Crippen molar-refractivity contribution in [1.82, 2.24) is 0 Å². The Balaban J connectivity index is 2.49. The molecule has 0 radical (unpaired) electrons. The van der Waals surface area contributed by atoms with Crippen LogP contribution in [0.15, 0.2) is 4.99 Å². The summed E-state index contributed by atoms with van der Waals surface area (Å²) in [5.74, 6) is -0.293. The monoisotopic (exact) mass is 171 g/mol. The fourth-order valence-electron chi connectivity index (χ4n) is 1.11. The van der Waals surface area contributed by atoms with Gasteiger partial charge in [0.25, 0.3) is 0 Å². The van der Waals surface area contributed by atoms with E-state index in [9.17, 15) is 4.79 Å². The van der Waals surface area contributed by atoms with Crippen LogP contribution in [0.1, 0.15) is 20.3 Å². The minimum absolute atomic E-state index is 0.135. The average molecular weight is 171 g/mol. The summed E-state index contributed by atoms with van der Waals surface area (Å²) in [6.07, 6.45) is 1.96. The quantitative estimate of drug-likeness (QED) is 0.589. The van der Waals surface area contributed by atoms with E-state index < -0.39 is 6.04 Å². The third-order valence-corrected chi connectivity index (χ3v) is 1.74. The van der Waals surface area contributed by atoms with Gasteiger partial charge in [0.1, 0.15) is 6.10 Å². The van der Waals surface area contributed by atoms with Crippen molar-refractivity contribution >= 4 is 12.4 Å². The Kier molecular flexibility index (Phi) is 3.08. The Hall–Kier alpha value is -1.06. The van der Waals surface area contributed by atoms with Crippen LogP contribution in [-0.2, 0) is 14.3 Å². The topological polar surface area (TPSA) is 47.9 Å². The zero-order valence-electron chi connectivity index (χ0n) is 7.32. The molecule has 68 valence electrons. The van der Waals surface area contributed by atoms with E-state index in [1.807, 2.05) is 6.92 Å². The summed E-state index contributed by atoms with van der Waals surface area (Å²) in [6.45, 7) is 4.12. The van der Waals surface area contributed by atoms with Crippen LogP contribution >= 0.6 is 0 Å². The van der Waals surface area contributed by atoms with Crippen molar-refractivity contribution in [2.45, 2.75) is 32.4 Å². The van der Waals surface area contributed by atoms with Gasteiger partial charge in [-0.15, -0.1) is 0 Å². The van der Waals surface area contributed by atoms with E-state index in [2.05, 4.69) is 4.99 Å². The standard InChI is InChI=1S/C8H13NO3/c1-3-6-7(9-5-12-6)8(10)11-4-2/h5-7H,3-4H2,1-2H3/t6-,7+/m0/s1. The SMILES string of the molecule is CCOC(=O)[C@@H]1N=CO[C@H]1CC. The van der Waals surface area contributed by atoms with Crippen molar-refractivity contribution in [3.8, 4) is 0 Å². The number of hydrogen-bond acceptors (Lipinski definition) is 4. The molecule has 0 spiro atoms. The van der Waals surface area contributed by atoms with E-state index in [0.29, 0.717) is 6.61 Å². The molecule has 0 fully saturated rings. The van der Waals surface area contributed by atoms with Crippen molar-refractivity contribution in [3.63, 3.8) is 0 Å². The second kappa shape index (κ2) is 4.09. The van der Waals surface area contributed by atoms with Gasteiger partial charge in [0.05, 0.1) is 6.61 Å². The van der Waals surface area contributed by atoms with Crippen molar-refractivity contribution in [2.75, 3.05) is 6.61 Å². The van der Waals surface area contributed by atoms with Gasteiger partial charge >= 0.3 is 5.97 Å². The summed E-state index contributed by atoms with van der Waals surface area (Å²) >= 11 is 0. The minimum Gasteiger partial charge on any atom is -0.477 e. The first kappa shape index (κ1) is 9.03. The molecule has 1 aliphatic heterocycles. The zero-order chi connectivity index (χ0) is 8.97. The molecule has 2 atom stereocenters. The zero-order valence-corrected chi connectivity index (χ0v) is 7.32. The number of carbonyl (C=O) groups is 1. The summed E-state index contributed by atoms with van der Waals surface area (Å²) in [5.41, 5.74) is 0. The van der Waals surface area contributed by atoms with E-state index in [-0.39, 0.29) is 12.1 Å². The number of aliphatic imine (C=N–C) groups is 1. The van der Waals surface area contributed by atoms with Crippen LogP contribution in [0.2, 0.25) is 0 Å². The first-order chi connectivity index (χ1) is 5.79. The molecule has 4 nitrogen and oxygen atoms in total. The molecule has 4 heteroatoms. The second-order valence-electron chi connectivity index (χ2n) is 2.53. The lowest BCUT2D eigenvalue weighted by Crippen LogP contribution is -2.31. The van der Waals surface area contributed by atoms with Gasteiger partial charge in [0.2, 0.25) is 0 Å². The highest BCUT2D eigenvalue weighted by Gasteiger charge is 2.32. The molecule has 0 aromatic rings. The van der Waals surface area contributed by atoms with Crippen LogP contribution in [0.4, 0.5) is 0 Å². The summed E-state index contributed by atoms with van der Waals surface area (Å²) in [4.78, 5) is 15.1. The molecule has 1 heterocycles. The average Bonchev–Trinajstić information content (AvgIpc) is 2.51. The molecule has 0 aromatic carbocycles. The van der Waals surface area contributed by atoms with Gasteiger partial charge in [0, 0.05) is 0 Å². The third kappa shape index (κ3) is 1.75. The highest BCUT2D eigenvalue weighted by molar-refractivity contribution is 5.79. The number of esters is 1. The molecule has 0 aromatic heterocycles. The Morgan fingerprint density at radius 2 is 2.42 bits per heavy atom. The second-order valence-corrected chi connectivity index (χ2v) is 2.53. The largest absolute Gasteiger partial charge is 0.477 e. The Labute approximate surface area is 71.6 Å². The summed E-state index contributed by atoms with van der Waals surface area (Å²) < 4.78 is 9.91. The lowest BCUT2D eigenvalue weighted by molar-refractivity contribution is -0.146. The van der Waals surface area contributed by atoms with Gasteiger partial charge in [-0.3, -0.25) is 0 Å². The van der Waals surface area contributed by atoms with E-state index in [1.165, 1.54) is 6.40 Å². The molecule has 0 bridgehead atoms. The van der Waals surface area contributed by atoms with Gasteiger partial charge < -0.3 is 9.47 Å². The van der Waals surface area contributed by atoms with Gasteiger partial charge in [-0.2, -0.15) is 0 Å². The molecular weight excluding hydrogens is 158 g/mol. The molecule has 0 amide bonds. The van der Waals surface area contributed by atoms with Crippen LogP contribution in [-0.4, -0.2) is 31.1 Å². The molecule has 0 aliphatic carbocycles. The number of rotatable bonds is 3. The fraction of sp³-hybridized carbons (Fsp3) is 0.750. The van der Waals surface area contributed by atoms with E-state index >= 15 is 0 Å². The molecule has 1 aliphatic rings. The van der Waals surface area contributed by atoms with E-state index in [0.717, 1.165) is 6.42 Å². The van der Waals surface area contributed by atoms with E-state index in [1.54, 1.807) is 6.92 Å². The summed E-state index contributed by atoms with van der Waals surface area (Å²) in [5, 5.41) is 0. The van der Waals surface area contributed by atoms with Gasteiger partial charge in [-0.25, -0.2) is 9.79 Å².